The smallest absolute Gasteiger partial charge is 0.408 e. The quantitative estimate of drug-likeness (QED) is 0.449. The van der Waals surface area contributed by atoms with E-state index >= 15 is 0 Å². The lowest BCUT2D eigenvalue weighted by atomic mass is 9.85. The molecule has 8 nitrogen and oxygen atoms in total. The summed E-state index contributed by atoms with van der Waals surface area (Å²) in [6.45, 7) is 10.7. The monoisotopic (exact) mass is 498 g/mol. The third kappa shape index (κ3) is 6.39. The lowest BCUT2D eigenvalue weighted by molar-refractivity contribution is -0.126. The molecule has 3 N–H and O–H groups in total. The number of rotatable bonds is 5. The minimum Gasteiger partial charge on any atom is -0.505 e. The number of hydrogen-bond acceptors (Lipinski definition) is 6. The Hall–Kier alpha value is -3.39. The minimum absolute atomic E-state index is 0.105. The third-order valence-corrected chi connectivity index (χ3v) is 5.56. The van der Waals surface area contributed by atoms with Gasteiger partial charge >= 0.3 is 6.09 Å². The molecule has 2 atom stereocenters. The highest BCUT2D eigenvalue weighted by atomic mass is 35.5. The van der Waals surface area contributed by atoms with Crippen LogP contribution in [-0.2, 0) is 9.53 Å². The van der Waals surface area contributed by atoms with E-state index in [1.807, 2.05) is 20.8 Å². The van der Waals surface area contributed by atoms with Gasteiger partial charge in [-0.05, 0) is 56.0 Å². The van der Waals surface area contributed by atoms with E-state index in [0.717, 1.165) is 0 Å². The molecule has 0 aliphatic rings. The standard InChI is InChI=1S/C26H31ClN4O4/c1-25(2,3)22(31-24(34)35-26(4,5)6)23(33)30-19(15-9-7-11-28-14-15)17-13-18(27)16-10-8-12-29-20(16)21(17)32/h7-14,19,22,32H,1-6H3,(H,30,33)(H,31,34)/t19?,22-/m1/s1. The predicted octanol–water partition coefficient (Wildman–Crippen LogP) is 5.13. The topological polar surface area (TPSA) is 113 Å². The number of amides is 2. The molecule has 35 heavy (non-hydrogen) atoms. The molecule has 2 heterocycles. The first kappa shape index (κ1) is 26.2. The number of phenols is 1. The van der Waals surface area contributed by atoms with E-state index in [1.165, 1.54) is 0 Å². The largest absolute Gasteiger partial charge is 0.505 e. The van der Waals surface area contributed by atoms with Gasteiger partial charge in [-0.3, -0.25) is 14.8 Å². The van der Waals surface area contributed by atoms with Gasteiger partial charge < -0.3 is 20.5 Å². The highest BCUT2D eigenvalue weighted by molar-refractivity contribution is 6.35. The molecule has 0 aliphatic heterocycles. The fourth-order valence-corrected chi connectivity index (χ4v) is 3.91. The van der Waals surface area contributed by atoms with Crippen LogP contribution in [0.3, 0.4) is 0 Å². The van der Waals surface area contributed by atoms with Gasteiger partial charge in [0, 0.05) is 29.5 Å². The molecule has 3 aromatic rings. The summed E-state index contributed by atoms with van der Waals surface area (Å²) in [5.74, 6) is -0.569. The van der Waals surface area contributed by atoms with Crippen LogP contribution in [0.25, 0.3) is 10.9 Å². The Bertz CT molecular complexity index is 1220. The number of halogens is 1. The van der Waals surface area contributed by atoms with Crippen LogP contribution in [0.2, 0.25) is 5.02 Å². The van der Waals surface area contributed by atoms with Gasteiger partial charge in [0.2, 0.25) is 5.91 Å². The second-order valence-electron chi connectivity index (χ2n) is 10.4. The highest BCUT2D eigenvalue weighted by Gasteiger charge is 2.36. The Kier molecular flexibility index (Phi) is 7.55. The van der Waals surface area contributed by atoms with Gasteiger partial charge in [0.25, 0.3) is 0 Å². The fraction of sp³-hybridized carbons (Fsp3) is 0.385. The van der Waals surface area contributed by atoms with E-state index in [4.69, 9.17) is 16.3 Å². The molecule has 2 aromatic heterocycles. The van der Waals surface area contributed by atoms with Crippen molar-refractivity contribution < 1.29 is 19.4 Å². The summed E-state index contributed by atoms with van der Waals surface area (Å²) in [7, 11) is 0. The molecule has 1 unspecified atom stereocenters. The molecular formula is C26H31ClN4O4. The summed E-state index contributed by atoms with van der Waals surface area (Å²) in [6, 6.07) is 6.84. The summed E-state index contributed by atoms with van der Waals surface area (Å²) in [4.78, 5) is 34.5. The summed E-state index contributed by atoms with van der Waals surface area (Å²) < 4.78 is 5.37. The van der Waals surface area contributed by atoms with Gasteiger partial charge in [0.05, 0.1) is 11.1 Å². The zero-order valence-electron chi connectivity index (χ0n) is 20.7. The number of pyridine rings is 2. The number of aromatic nitrogens is 2. The molecule has 0 spiro atoms. The van der Waals surface area contributed by atoms with E-state index in [0.29, 0.717) is 27.1 Å². The zero-order valence-corrected chi connectivity index (χ0v) is 21.5. The van der Waals surface area contributed by atoms with Crippen LogP contribution in [0.15, 0.2) is 48.9 Å². The minimum atomic E-state index is -0.937. The molecule has 3 rings (SSSR count). The van der Waals surface area contributed by atoms with Gasteiger partial charge in [0.1, 0.15) is 22.9 Å². The second kappa shape index (κ2) is 10.1. The summed E-state index contributed by atoms with van der Waals surface area (Å²) in [5, 5.41) is 17.7. The third-order valence-electron chi connectivity index (χ3n) is 5.25. The highest BCUT2D eigenvalue weighted by Crippen LogP contribution is 2.38. The Labute approximate surface area is 210 Å². The summed E-state index contributed by atoms with van der Waals surface area (Å²) in [6.07, 6.45) is 4.06. The molecule has 186 valence electrons. The van der Waals surface area contributed by atoms with Gasteiger partial charge in [0.15, 0.2) is 0 Å². The van der Waals surface area contributed by atoms with Crippen molar-refractivity contribution in [3.8, 4) is 5.75 Å². The van der Waals surface area contributed by atoms with Crippen molar-refractivity contribution in [1.82, 2.24) is 20.6 Å². The molecule has 0 fully saturated rings. The summed E-state index contributed by atoms with van der Waals surface area (Å²) >= 11 is 6.51. The Morgan fingerprint density at radius 3 is 2.34 bits per heavy atom. The Morgan fingerprint density at radius 2 is 1.74 bits per heavy atom. The van der Waals surface area contributed by atoms with Crippen molar-refractivity contribution in [3.05, 3.63) is 65.1 Å². The predicted molar refractivity (Wildman–Crippen MR) is 135 cm³/mol. The maximum Gasteiger partial charge on any atom is 0.408 e. The number of fused-ring (bicyclic) bond motifs is 1. The van der Waals surface area contributed by atoms with Crippen molar-refractivity contribution in [1.29, 1.82) is 0 Å². The van der Waals surface area contributed by atoms with Crippen LogP contribution < -0.4 is 10.6 Å². The van der Waals surface area contributed by atoms with E-state index in [2.05, 4.69) is 20.6 Å². The van der Waals surface area contributed by atoms with E-state index in [-0.39, 0.29) is 5.75 Å². The normalized spacial score (nSPS) is 13.7. The lowest BCUT2D eigenvalue weighted by Gasteiger charge is -2.33. The van der Waals surface area contributed by atoms with Crippen molar-refractivity contribution in [2.45, 2.75) is 59.2 Å². The number of carbonyl (C=O) groups is 2. The van der Waals surface area contributed by atoms with Crippen LogP contribution in [0.5, 0.6) is 5.75 Å². The Balaban J connectivity index is 2.03. The molecule has 0 saturated heterocycles. The number of hydrogen-bond donors (Lipinski definition) is 3. The molecule has 1 aromatic carbocycles. The van der Waals surface area contributed by atoms with Crippen molar-refractivity contribution in [2.24, 2.45) is 5.41 Å². The van der Waals surface area contributed by atoms with Crippen molar-refractivity contribution in [3.63, 3.8) is 0 Å². The number of nitrogens with one attached hydrogen (secondary N) is 2. The molecule has 9 heteroatoms. The van der Waals surface area contributed by atoms with Crippen LogP contribution >= 0.6 is 11.6 Å². The number of benzene rings is 1. The van der Waals surface area contributed by atoms with Crippen molar-refractivity contribution >= 4 is 34.5 Å². The molecular weight excluding hydrogens is 468 g/mol. The number of phenolic OH excluding ortho intramolecular Hbond substituents is 1. The second-order valence-corrected chi connectivity index (χ2v) is 10.8. The molecule has 0 radical (unpaired) electrons. The average Bonchev–Trinajstić information content (AvgIpc) is 2.77. The van der Waals surface area contributed by atoms with Gasteiger partial charge in [-0.2, -0.15) is 0 Å². The van der Waals surface area contributed by atoms with Crippen LogP contribution in [0.4, 0.5) is 4.79 Å². The molecule has 2 amide bonds. The zero-order chi connectivity index (χ0) is 26.0. The number of carbonyl (C=O) groups excluding carboxylic acids is 2. The first-order chi connectivity index (χ1) is 16.3. The van der Waals surface area contributed by atoms with E-state index in [9.17, 15) is 14.7 Å². The molecule has 0 aliphatic carbocycles. The number of nitrogens with zero attached hydrogens (tertiary/aromatic N) is 2. The molecule has 0 saturated carbocycles. The van der Waals surface area contributed by atoms with Crippen LogP contribution in [-0.4, -0.2) is 38.7 Å². The van der Waals surface area contributed by atoms with Crippen molar-refractivity contribution in [2.75, 3.05) is 0 Å². The van der Waals surface area contributed by atoms with Crippen LogP contribution in [0, 0.1) is 5.41 Å². The fourth-order valence-electron chi connectivity index (χ4n) is 3.64. The van der Waals surface area contributed by atoms with E-state index in [1.54, 1.807) is 69.7 Å². The lowest BCUT2D eigenvalue weighted by Crippen LogP contribution is -2.55. The number of alkyl carbamates (subject to hydrolysis) is 1. The van der Waals surface area contributed by atoms with E-state index < -0.39 is 35.1 Å². The van der Waals surface area contributed by atoms with Gasteiger partial charge in [-0.1, -0.05) is 38.4 Å². The first-order valence-electron chi connectivity index (χ1n) is 11.2. The first-order valence-corrected chi connectivity index (χ1v) is 11.6. The average molecular weight is 499 g/mol. The maximum atomic E-state index is 13.6. The van der Waals surface area contributed by atoms with Gasteiger partial charge in [-0.25, -0.2) is 4.79 Å². The van der Waals surface area contributed by atoms with Crippen LogP contribution in [0.1, 0.15) is 58.7 Å². The number of aromatic hydroxyl groups is 1. The number of ether oxygens (including phenoxy) is 1. The Morgan fingerprint density at radius 1 is 1.06 bits per heavy atom. The molecule has 0 bridgehead atoms. The SMILES string of the molecule is CC(C)(C)OC(=O)N[C@H](C(=O)NC(c1cccnc1)c1cc(Cl)c2cccnc2c1O)C(C)(C)C. The van der Waals surface area contributed by atoms with Gasteiger partial charge in [-0.15, -0.1) is 0 Å². The maximum absolute atomic E-state index is 13.6. The summed E-state index contributed by atoms with van der Waals surface area (Å²) in [5.41, 5.74) is -0.0789.